The standard InChI is InChI=1S/C20H24O3/c1-5-15-9-12(2)10-18(13(15)3)19(21)17-8-6-7-16(11-17)14(4)20(22)23/h6-14H,5H2,1-4H3,(H,22,23). The molecule has 0 heterocycles. The van der Waals surface area contributed by atoms with Crippen LogP contribution in [-0.4, -0.2) is 16.9 Å². The molecule has 1 N–H and O–H groups in total. The van der Waals surface area contributed by atoms with Crippen LogP contribution in [0.5, 0.6) is 0 Å². The third-order valence-corrected chi connectivity index (χ3v) is 4.63. The molecule has 0 radical (unpaired) electrons. The number of carboxylic acid groups (broad SMARTS) is 1. The summed E-state index contributed by atoms with van der Waals surface area (Å²) in [4.78, 5) is 24.1. The average molecular weight is 312 g/mol. The smallest absolute Gasteiger partial charge is 0.310 e. The Labute approximate surface area is 137 Å². The van der Waals surface area contributed by atoms with Crippen LogP contribution in [0.3, 0.4) is 0 Å². The summed E-state index contributed by atoms with van der Waals surface area (Å²) < 4.78 is 0. The molecule has 122 valence electrons. The second kappa shape index (κ2) is 6.95. The molecule has 2 rings (SSSR count). The van der Waals surface area contributed by atoms with Crippen LogP contribution in [0.4, 0.5) is 0 Å². The summed E-state index contributed by atoms with van der Waals surface area (Å²) in [6.45, 7) is 7.89. The van der Waals surface area contributed by atoms with Crippen molar-refractivity contribution in [3.05, 3.63) is 58.7 Å². The highest BCUT2D eigenvalue weighted by atomic mass is 16.4. The van der Waals surface area contributed by atoms with Crippen molar-refractivity contribution in [3.8, 4) is 0 Å². The lowest BCUT2D eigenvalue weighted by Gasteiger charge is -2.24. The van der Waals surface area contributed by atoms with Crippen molar-refractivity contribution in [2.24, 2.45) is 11.8 Å². The number of aliphatic carboxylic acids is 1. The highest BCUT2D eigenvalue weighted by Gasteiger charge is 2.25. The highest BCUT2D eigenvalue weighted by molar-refractivity contribution is 6.09. The summed E-state index contributed by atoms with van der Waals surface area (Å²) in [5, 5.41) is 9.15. The summed E-state index contributed by atoms with van der Waals surface area (Å²) in [5.41, 5.74) is 3.33. The molecule has 0 aliphatic heterocycles. The average Bonchev–Trinajstić information content (AvgIpc) is 2.55. The fraction of sp³-hybridized carbons (Fsp3) is 0.400. The number of allylic oxidation sites excluding steroid dienone is 4. The van der Waals surface area contributed by atoms with Gasteiger partial charge in [-0.3, -0.25) is 9.59 Å². The Balaban J connectivity index is 2.34. The van der Waals surface area contributed by atoms with Crippen LogP contribution >= 0.6 is 0 Å². The third kappa shape index (κ3) is 3.61. The number of benzene rings is 1. The topological polar surface area (TPSA) is 54.4 Å². The maximum Gasteiger partial charge on any atom is 0.310 e. The van der Waals surface area contributed by atoms with E-state index >= 15 is 0 Å². The first-order valence-electron chi connectivity index (χ1n) is 8.14. The molecule has 3 unspecified atom stereocenters. The van der Waals surface area contributed by atoms with Crippen LogP contribution in [0.15, 0.2) is 47.6 Å². The first-order chi connectivity index (χ1) is 10.8. The molecule has 0 fully saturated rings. The first-order valence-corrected chi connectivity index (χ1v) is 8.14. The van der Waals surface area contributed by atoms with Gasteiger partial charge in [0.15, 0.2) is 5.78 Å². The monoisotopic (exact) mass is 312 g/mol. The Morgan fingerprint density at radius 2 is 1.91 bits per heavy atom. The number of rotatable bonds is 5. The molecule has 1 aromatic rings. The number of carbonyl (C=O) groups is 2. The van der Waals surface area contributed by atoms with Gasteiger partial charge in [0.25, 0.3) is 0 Å². The summed E-state index contributed by atoms with van der Waals surface area (Å²) >= 11 is 0. The molecule has 3 atom stereocenters. The number of hydrogen-bond donors (Lipinski definition) is 1. The molecule has 0 saturated carbocycles. The minimum Gasteiger partial charge on any atom is -0.481 e. The molecule has 1 aromatic carbocycles. The van der Waals surface area contributed by atoms with Gasteiger partial charge in [0.2, 0.25) is 0 Å². The van der Waals surface area contributed by atoms with Crippen molar-refractivity contribution in [2.75, 3.05) is 0 Å². The molecule has 3 heteroatoms. The van der Waals surface area contributed by atoms with Crippen LogP contribution in [0.25, 0.3) is 0 Å². The molecule has 3 nitrogen and oxygen atoms in total. The van der Waals surface area contributed by atoms with E-state index in [0.717, 1.165) is 12.0 Å². The molecular formula is C20H24O3. The van der Waals surface area contributed by atoms with E-state index in [2.05, 4.69) is 26.8 Å². The van der Waals surface area contributed by atoms with Crippen LogP contribution in [0.2, 0.25) is 0 Å². The largest absolute Gasteiger partial charge is 0.481 e. The fourth-order valence-electron chi connectivity index (χ4n) is 3.11. The molecule has 0 amide bonds. The zero-order valence-corrected chi connectivity index (χ0v) is 14.2. The molecule has 1 aliphatic carbocycles. The second-order valence-corrected chi connectivity index (χ2v) is 6.31. The van der Waals surface area contributed by atoms with Gasteiger partial charge in [0.1, 0.15) is 0 Å². The van der Waals surface area contributed by atoms with E-state index < -0.39 is 11.9 Å². The lowest BCUT2D eigenvalue weighted by atomic mass is 9.79. The minimum absolute atomic E-state index is 0.00263. The third-order valence-electron chi connectivity index (χ3n) is 4.63. The van der Waals surface area contributed by atoms with Gasteiger partial charge in [-0.15, -0.1) is 0 Å². The van der Waals surface area contributed by atoms with E-state index in [9.17, 15) is 9.59 Å². The summed E-state index contributed by atoms with van der Waals surface area (Å²) in [6.07, 6.45) is 5.19. The maximum absolute atomic E-state index is 12.9. The maximum atomic E-state index is 12.9. The Kier molecular flexibility index (Phi) is 5.19. The van der Waals surface area contributed by atoms with Crippen molar-refractivity contribution >= 4 is 11.8 Å². The van der Waals surface area contributed by atoms with Crippen molar-refractivity contribution in [3.63, 3.8) is 0 Å². The molecule has 1 aliphatic rings. The van der Waals surface area contributed by atoms with Gasteiger partial charge in [0.05, 0.1) is 5.92 Å². The number of ketones is 1. The zero-order chi connectivity index (χ0) is 17.1. The van der Waals surface area contributed by atoms with E-state index in [0.29, 0.717) is 11.1 Å². The second-order valence-electron chi connectivity index (χ2n) is 6.31. The predicted octanol–water partition coefficient (Wildman–Crippen LogP) is 4.61. The van der Waals surface area contributed by atoms with E-state index in [1.54, 1.807) is 31.2 Å². The van der Waals surface area contributed by atoms with Crippen LogP contribution in [0, 0.1) is 11.8 Å². The van der Waals surface area contributed by atoms with Gasteiger partial charge in [-0.05, 0) is 30.9 Å². The van der Waals surface area contributed by atoms with Gasteiger partial charge in [0, 0.05) is 17.1 Å². The van der Waals surface area contributed by atoms with Gasteiger partial charge >= 0.3 is 5.97 Å². The van der Waals surface area contributed by atoms with Gasteiger partial charge in [-0.1, -0.05) is 56.7 Å². The van der Waals surface area contributed by atoms with Crippen molar-refractivity contribution in [1.29, 1.82) is 0 Å². The molecular weight excluding hydrogens is 288 g/mol. The van der Waals surface area contributed by atoms with E-state index in [-0.39, 0.29) is 17.6 Å². The number of carboxylic acids is 1. The molecule has 23 heavy (non-hydrogen) atoms. The summed E-state index contributed by atoms with van der Waals surface area (Å²) in [7, 11) is 0. The summed E-state index contributed by atoms with van der Waals surface area (Å²) in [6, 6.07) is 7.00. The van der Waals surface area contributed by atoms with Crippen LogP contribution in [-0.2, 0) is 4.79 Å². The van der Waals surface area contributed by atoms with Crippen molar-refractivity contribution in [2.45, 2.75) is 40.0 Å². The number of Topliss-reactive ketones (excluding diaryl/α,β-unsaturated/α-hetero) is 1. The Hall–Kier alpha value is -2.16. The van der Waals surface area contributed by atoms with Gasteiger partial charge in [-0.25, -0.2) is 0 Å². The molecule has 0 bridgehead atoms. The Morgan fingerprint density at radius 3 is 2.52 bits per heavy atom. The highest BCUT2D eigenvalue weighted by Crippen LogP contribution is 2.32. The van der Waals surface area contributed by atoms with E-state index in [1.807, 2.05) is 6.08 Å². The molecule has 0 aromatic heterocycles. The quantitative estimate of drug-likeness (QED) is 0.638. The van der Waals surface area contributed by atoms with Gasteiger partial charge in [-0.2, -0.15) is 0 Å². The van der Waals surface area contributed by atoms with Crippen LogP contribution in [0.1, 0.15) is 56.0 Å². The zero-order valence-electron chi connectivity index (χ0n) is 14.2. The normalized spacial score (nSPS) is 22.1. The number of carbonyl (C=O) groups excluding carboxylic acids is 1. The van der Waals surface area contributed by atoms with E-state index in [4.69, 9.17) is 5.11 Å². The van der Waals surface area contributed by atoms with Gasteiger partial charge < -0.3 is 5.11 Å². The Morgan fingerprint density at radius 1 is 1.22 bits per heavy atom. The lowest BCUT2D eigenvalue weighted by Crippen LogP contribution is -2.18. The Bertz CT molecular complexity index is 682. The van der Waals surface area contributed by atoms with Crippen molar-refractivity contribution < 1.29 is 14.7 Å². The predicted molar refractivity (Wildman–Crippen MR) is 91.6 cm³/mol. The molecule has 0 spiro atoms. The van der Waals surface area contributed by atoms with E-state index in [1.165, 1.54) is 5.57 Å². The summed E-state index contributed by atoms with van der Waals surface area (Å²) in [5.74, 6) is -1.14. The fourth-order valence-corrected chi connectivity index (χ4v) is 3.11. The number of hydrogen-bond acceptors (Lipinski definition) is 2. The SMILES string of the molecule is CCC1=CC(C)C=C(C(=O)c2cccc(C(C)C(=O)O)c2)C1C. The lowest BCUT2D eigenvalue weighted by molar-refractivity contribution is -0.138. The molecule has 0 saturated heterocycles. The first kappa shape index (κ1) is 17.2. The van der Waals surface area contributed by atoms with Crippen LogP contribution < -0.4 is 0 Å². The minimum atomic E-state index is -0.885. The van der Waals surface area contributed by atoms with Crippen molar-refractivity contribution in [1.82, 2.24) is 0 Å².